The summed E-state index contributed by atoms with van der Waals surface area (Å²) in [6, 6.07) is 2.43. The van der Waals surface area contributed by atoms with E-state index in [1.54, 1.807) is 6.26 Å². The monoisotopic (exact) mass is 311 g/mol. The van der Waals surface area contributed by atoms with E-state index >= 15 is 0 Å². The van der Waals surface area contributed by atoms with Gasteiger partial charge in [0.2, 0.25) is 0 Å². The zero-order chi connectivity index (χ0) is 13.3. The lowest BCUT2D eigenvalue weighted by atomic mass is 10.1. The lowest BCUT2D eigenvalue weighted by Crippen LogP contribution is -2.22. The third-order valence-electron chi connectivity index (χ3n) is 2.92. The van der Waals surface area contributed by atoms with Crippen LogP contribution in [0.15, 0.2) is 27.4 Å². The van der Waals surface area contributed by atoms with Crippen LogP contribution < -0.4 is 5.32 Å². The van der Waals surface area contributed by atoms with E-state index in [4.69, 9.17) is 4.42 Å². The van der Waals surface area contributed by atoms with Gasteiger partial charge in [-0.1, -0.05) is 0 Å². The molecule has 2 aromatic heterocycles. The summed E-state index contributed by atoms with van der Waals surface area (Å²) in [6.45, 7) is 6.19. The Hall–Kier alpha value is -1.07. The average molecular weight is 312 g/mol. The van der Waals surface area contributed by atoms with Crippen LogP contribution in [0.2, 0.25) is 0 Å². The minimum Gasteiger partial charge on any atom is -0.469 e. The largest absolute Gasteiger partial charge is 0.469 e. The van der Waals surface area contributed by atoms with Crippen LogP contribution in [0.3, 0.4) is 0 Å². The van der Waals surface area contributed by atoms with Crippen LogP contribution >= 0.6 is 15.9 Å². The molecule has 98 valence electrons. The molecule has 0 saturated carbocycles. The Balaban J connectivity index is 2.47. The first-order chi connectivity index (χ1) is 8.54. The third kappa shape index (κ3) is 2.37. The van der Waals surface area contributed by atoms with Crippen LogP contribution in [0.5, 0.6) is 0 Å². The number of aromatic nitrogens is 2. The van der Waals surface area contributed by atoms with E-state index in [1.165, 1.54) is 0 Å². The van der Waals surface area contributed by atoms with Crippen LogP contribution in [0.1, 0.15) is 42.9 Å². The number of nitrogens with one attached hydrogen (secondary N) is 1. The van der Waals surface area contributed by atoms with Crippen molar-refractivity contribution >= 4 is 15.9 Å². The van der Waals surface area contributed by atoms with Crippen molar-refractivity contribution in [3.8, 4) is 0 Å². The number of furan rings is 1. The maximum Gasteiger partial charge on any atom is 0.101 e. The molecule has 0 saturated heterocycles. The van der Waals surface area contributed by atoms with Gasteiger partial charge in [0.05, 0.1) is 28.7 Å². The zero-order valence-corrected chi connectivity index (χ0v) is 12.7. The van der Waals surface area contributed by atoms with Gasteiger partial charge in [-0.3, -0.25) is 4.68 Å². The van der Waals surface area contributed by atoms with Gasteiger partial charge in [-0.05, 0) is 49.8 Å². The molecule has 5 heteroatoms. The second-order valence-corrected chi connectivity index (χ2v) is 5.48. The van der Waals surface area contributed by atoms with E-state index in [9.17, 15) is 0 Å². The van der Waals surface area contributed by atoms with Crippen molar-refractivity contribution in [3.63, 3.8) is 0 Å². The van der Waals surface area contributed by atoms with Gasteiger partial charge in [-0.15, -0.1) is 0 Å². The minimum absolute atomic E-state index is 0.0710. The molecule has 0 radical (unpaired) electrons. The summed E-state index contributed by atoms with van der Waals surface area (Å²) in [5.41, 5.74) is 2.23. The first kappa shape index (κ1) is 13.4. The topological polar surface area (TPSA) is 43.0 Å². The molecule has 0 bridgehead atoms. The van der Waals surface area contributed by atoms with Gasteiger partial charge in [0, 0.05) is 11.6 Å². The first-order valence-corrected chi connectivity index (χ1v) is 6.79. The van der Waals surface area contributed by atoms with Crippen molar-refractivity contribution in [2.45, 2.75) is 32.9 Å². The highest BCUT2D eigenvalue weighted by molar-refractivity contribution is 9.10. The molecule has 0 amide bonds. The maximum atomic E-state index is 5.40. The highest BCUT2D eigenvalue weighted by Gasteiger charge is 2.22. The molecule has 2 rings (SSSR count). The van der Waals surface area contributed by atoms with Crippen LogP contribution in [-0.4, -0.2) is 16.8 Å². The standard InChI is InChI=1S/C13H18BrN3O/c1-8(2)17-13(11(14)6-16-17)12(15-4)10-5-9(3)18-7-10/h5-8,12,15H,1-4H3. The fourth-order valence-electron chi connectivity index (χ4n) is 2.11. The van der Waals surface area contributed by atoms with Gasteiger partial charge in [-0.2, -0.15) is 5.10 Å². The van der Waals surface area contributed by atoms with Crippen molar-refractivity contribution in [2.24, 2.45) is 0 Å². The maximum absolute atomic E-state index is 5.40. The predicted molar refractivity (Wildman–Crippen MR) is 74.7 cm³/mol. The molecule has 1 unspecified atom stereocenters. The molecule has 0 aliphatic rings. The molecule has 4 nitrogen and oxygen atoms in total. The summed E-state index contributed by atoms with van der Waals surface area (Å²) in [6.07, 6.45) is 3.63. The Morgan fingerprint density at radius 3 is 2.67 bits per heavy atom. The third-order valence-corrected chi connectivity index (χ3v) is 3.53. The second kappa shape index (κ2) is 5.28. The van der Waals surface area contributed by atoms with Crippen LogP contribution in [0.4, 0.5) is 0 Å². The summed E-state index contributed by atoms with van der Waals surface area (Å²) >= 11 is 3.58. The molecule has 1 N–H and O–H groups in total. The van der Waals surface area contributed by atoms with Gasteiger partial charge >= 0.3 is 0 Å². The number of halogens is 1. The predicted octanol–water partition coefficient (Wildman–Crippen LogP) is 3.44. The van der Waals surface area contributed by atoms with Gasteiger partial charge in [-0.25, -0.2) is 0 Å². The van der Waals surface area contributed by atoms with E-state index in [2.05, 4.69) is 40.2 Å². The van der Waals surface area contributed by atoms with Crippen molar-refractivity contribution in [1.82, 2.24) is 15.1 Å². The Bertz CT molecular complexity index is 530. The lowest BCUT2D eigenvalue weighted by Gasteiger charge is -2.19. The SMILES string of the molecule is CNC(c1coc(C)c1)c1c(Br)cnn1C(C)C. The Labute approximate surface area is 115 Å². The van der Waals surface area contributed by atoms with E-state index in [-0.39, 0.29) is 6.04 Å². The molecule has 18 heavy (non-hydrogen) atoms. The molecular weight excluding hydrogens is 294 g/mol. The Kier molecular flexibility index (Phi) is 3.92. The quantitative estimate of drug-likeness (QED) is 0.940. The minimum atomic E-state index is 0.0710. The Morgan fingerprint density at radius 2 is 2.17 bits per heavy atom. The average Bonchev–Trinajstić information content (AvgIpc) is 2.88. The fourth-order valence-corrected chi connectivity index (χ4v) is 2.61. The molecule has 0 spiro atoms. The van der Waals surface area contributed by atoms with E-state index < -0.39 is 0 Å². The van der Waals surface area contributed by atoms with Crippen LogP contribution in [-0.2, 0) is 0 Å². The summed E-state index contributed by atoms with van der Waals surface area (Å²) < 4.78 is 8.43. The Morgan fingerprint density at radius 1 is 1.44 bits per heavy atom. The highest BCUT2D eigenvalue weighted by Crippen LogP contribution is 2.31. The second-order valence-electron chi connectivity index (χ2n) is 4.63. The molecule has 0 fully saturated rings. The van der Waals surface area contributed by atoms with E-state index in [0.717, 1.165) is 21.5 Å². The molecule has 0 aliphatic carbocycles. The van der Waals surface area contributed by atoms with Gasteiger partial charge in [0.1, 0.15) is 5.76 Å². The summed E-state index contributed by atoms with van der Waals surface area (Å²) in [7, 11) is 1.94. The lowest BCUT2D eigenvalue weighted by molar-refractivity contribution is 0.479. The molecule has 2 heterocycles. The van der Waals surface area contributed by atoms with Crippen molar-refractivity contribution in [1.29, 1.82) is 0 Å². The van der Waals surface area contributed by atoms with E-state index in [1.807, 2.05) is 30.9 Å². The first-order valence-electron chi connectivity index (χ1n) is 5.99. The zero-order valence-electron chi connectivity index (χ0n) is 11.1. The summed E-state index contributed by atoms with van der Waals surface area (Å²) in [4.78, 5) is 0. The smallest absolute Gasteiger partial charge is 0.101 e. The van der Waals surface area contributed by atoms with Crippen molar-refractivity contribution in [2.75, 3.05) is 7.05 Å². The van der Waals surface area contributed by atoms with Crippen molar-refractivity contribution in [3.05, 3.63) is 40.0 Å². The number of hydrogen-bond donors (Lipinski definition) is 1. The van der Waals surface area contributed by atoms with Gasteiger partial charge in [0.25, 0.3) is 0 Å². The number of aryl methyl sites for hydroxylation is 1. The van der Waals surface area contributed by atoms with Crippen LogP contribution in [0, 0.1) is 6.92 Å². The molecule has 1 atom stereocenters. The highest BCUT2D eigenvalue weighted by atomic mass is 79.9. The normalized spacial score (nSPS) is 13.2. The molecule has 2 aromatic rings. The van der Waals surface area contributed by atoms with Gasteiger partial charge < -0.3 is 9.73 Å². The fraction of sp³-hybridized carbons (Fsp3) is 0.462. The molecule has 0 aliphatic heterocycles. The van der Waals surface area contributed by atoms with E-state index in [0.29, 0.717) is 6.04 Å². The summed E-state index contributed by atoms with van der Waals surface area (Å²) in [5.74, 6) is 0.914. The van der Waals surface area contributed by atoms with Crippen molar-refractivity contribution < 1.29 is 4.42 Å². The summed E-state index contributed by atoms with van der Waals surface area (Å²) in [5, 5.41) is 7.73. The number of hydrogen-bond acceptors (Lipinski definition) is 3. The molecule has 0 aromatic carbocycles. The number of rotatable bonds is 4. The number of nitrogens with zero attached hydrogens (tertiary/aromatic N) is 2. The van der Waals surface area contributed by atoms with Gasteiger partial charge in [0.15, 0.2) is 0 Å². The van der Waals surface area contributed by atoms with Crippen LogP contribution in [0.25, 0.3) is 0 Å². The molecular formula is C13H18BrN3O.